The molecule has 2 rings (SSSR count). The van der Waals surface area contributed by atoms with Crippen LogP contribution in [-0.2, 0) is 4.74 Å². The van der Waals surface area contributed by atoms with E-state index in [2.05, 4.69) is 4.98 Å². The monoisotopic (exact) mass is 275 g/mol. The van der Waals surface area contributed by atoms with E-state index >= 15 is 0 Å². The summed E-state index contributed by atoms with van der Waals surface area (Å²) in [5.74, 6) is -0.115. The molecule has 0 saturated carbocycles. The van der Waals surface area contributed by atoms with Gasteiger partial charge in [-0.3, -0.25) is 4.98 Å². The lowest BCUT2D eigenvalue weighted by Crippen LogP contribution is -2.11. The molecule has 0 fully saturated rings. The van der Waals surface area contributed by atoms with Crippen molar-refractivity contribution >= 4 is 17.3 Å². The van der Waals surface area contributed by atoms with E-state index in [-0.39, 0.29) is 11.9 Å². The van der Waals surface area contributed by atoms with E-state index in [0.717, 1.165) is 16.3 Å². The van der Waals surface area contributed by atoms with E-state index in [9.17, 15) is 4.79 Å². The lowest BCUT2D eigenvalue weighted by atomic mass is 10.0. The Labute approximate surface area is 117 Å². The van der Waals surface area contributed by atoms with Crippen LogP contribution in [0.2, 0.25) is 0 Å². The maximum Gasteiger partial charge on any atom is 0.339 e. The fourth-order valence-electron chi connectivity index (χ4n) is 1.86. The molecule has 0 aliphatic rings. The highest BCUT2D eigenvalue weighted by Crippen LogP contribution is 2.26. The minimum atomic E-state index is -0.295. The van der Waals surface area contributed by atoms with Crippen LogP contribution in [0.5, 0.6) is 0 Å². The smallest absolute Gasteiger partial charge is 0.339 e. The van der Waals surface area contributed by atoms with Crippen LogP contribution in [-0.4, -0.2) is 17.6 Å². The summed E-state index contributed by atoms with van der Waals surface area (Å²) in [6, 6.07) is 7.72. The highest BCUT2D eigenvalue weighted by molar-refractivity contribution is 7.13. The quantitative estimate of drug-likeness (QED) is 0.788. The van der Waals surface area contributed by atoms with Crippen LogP contribution in [0, 0.1) is 0 Å². The number of carbonyl (C=O) groups excluding carboxylic acids is 1. The van der Waals surface area contributed by atoms with Crippen LogP contribution < -0.4 is 0 Å². The number of aromatic nitrogens is 1. The SMILES string of the molecule is CCOC(=O)c1ccc(-c2cccs2)nc1C(C)C. The second-order valence-electron chi connectivity index (χ2n) is 4.48. The molecule has 0 aliphatic carbocycles. The first kappa shape index (κ1) is 13.7. The fraction of sp³-hybridized carbons (Fsp3) is 0.333. The summed E-state index contributed by atoms with van der Waals surface area (Å²) in [6.07, 6.45) is 0. The molecule has 0 aliphatic heterocycles. The van der Waals surface area contributed by atoms with Gasteiger partial charge in [0.15, 0.2) is 0 Å². The Morgan fingerprint density at radius 1 is 1.37 bits per heavy atom. The second kappa shape index (κ2) is 5.97. The van der Waals surface area contributed by atoms with Gasteiger partial charge in [-0.15, -0.1) is 11.3 Å². The van der Waals surface area contributed by atoms with E-state index in [1.165, 1.54) is 0 Å². The first-order chi connectivity index (χ1) is 9.13. The Kier molecular flexibility index (Phi) is 4.32. The topological polar surface area (TPSA) is 39.2 Å². The molecule has 0 spiro atoms. The first-order valence-electron chi connectivity index (χ1n) is 6.35. The van der Waals surface area contributed by atoms with Crippen molar-refractivity contribution in [2.75, 3.05) is 6.61 Å². The van der Waals surface area contributed by atoms with Crippen LogP contribution in [0.15, 0.2) is 29.6 Å². The van der Waals surface area contributed by atoms with Crippen molar-refractivity contribution in [2.45, 2.75) is 26.7 Å². The molecule has 0 atom stereocenters. The zero-order valence-electron chi connectivity index (χ0n) is 11.3. The number of hydrogen-bond donors (Lipinski definition) is 0. The van der Waals surface area contributed by atoms with E-state index < -0.39 is 0 Å². The minimum absolute atomic E-state index is 0.180. The maximum absolute atomic E-state index is 11.9. The molecular weight excluding hydrogens is 258 g/mol. The minimum Gasteiger partial charge on any atom is -0.462 e. The highest BCUT2D eigenvalue weighted by Gasteiger charge is 2.17. The standard InChI is InChI=1S/C15H17NO2S/c1-4-18-15(17)11-7-8-12(13-6-5-9-19-13)16-14(11)10(2)3/h5-10H,4H2,1-3H3. The number of hydrogen-bond acceptors (Lipinski definition) is 4. The zero-order chi connectivity index (χ0) is 13.8. The first-order valence-corrected chi connectivity index (χ1v) is 7.23. The van der Waals surface area contributed by atoms with Crippen molar-refractivity contribution in [2.24, 2.45) is 0 Å². The van der Waals surface area contributed by atoms with Crippen LogP contribution in [0.25, 0.3) is 10.6 Å². The van der Waals surface area contributed by atoms with Gasteiger partial charge in [0.05, 0.1) is 28.4 Å². The Morgan fingerprint density at radius 3 is 2.74 bits per heavy atom. The number of carbonyl (C=O) groups is 1. The lowest BCUT2D eigenvalue weighted by Gasteiger charge is -2.12. The summed E-state index contributed by atoms with van der Waals surface area (Å²) in [5, 5.41) is 2.02. The van der Waals surface area contributed by atoms with Gasteiger partial charge in [0.2, 0.25) is 0 Å². The van der Waals surface area contributed by atoms with Crippen molar-refractivity contribution in [3.8, 4) is 10.6 Å². The Balaban J connectivity index is 2.44. The largest absolute Gasteiger partial charge is 0.462 e. The predicted octanol–water partition coefficient (Wildman–Crippen LogP) is 4.11. The van der Waals surface area contributed by atoms with Crippen molar-refractivity contribution in [3.05, 3.63) is 40.9 Å². The molecule has 0 amide bonds. The van der Waals surface area contributed by atoms with Gasteiger partial charge >= 0.3 is 5.97 Å². The molecule has 0 saturated heterocycles. The molecule has 0 unspecified atom stereocenters. The summed E-state index contributed by atoms with van der Waals surface area (Å²) in [4.78, 5) is 17.6. The van der Waals surface area contributed by atoms with Gasteiger partial charge in [-0.05, 0) is 36.4 Å². The number of thiophene rings is 1. The van der Waals surface area contributed by atoms with Crippen molar-refractivity contribution in [3.63, 3.8) is 0 Å². The second-order valence-corrected chi connectivity index (χ2v) is 5.43. The average Bonchev–Trinajstić information content (AvgIpc) is 2.92. The number of ether oxygens (including phenoxy) is 1. The van der Waals surface area contributed by atoms with Gasteiger partial charge in [0.25, 0.3) is 0 Å². The number of pyridine rings is 1. The normalized spacial score (nSPS) is 10.7. The van der Waals surface area contributed by atoms with Gasteiger partial charge < -0.3 is 4.74 Å². The van der Waals surface area contributed by atoms with E-state index in [1.54, 1.807) is 18.3 Å². The van der Waals surface area contributed by atoms with Crippen LogP contribution in [0.1, 0.15) is 42.7 Å². The van der Waals surface area contributed by atoms with Crippen LogP contribution >= 0.6 is 11.3 Å². The van der Waals surface area contributed by atoms with E-state index in [1.807, 2.05) is 43.5 Å². The van der Waals surface area contributed by atoms with Crippen LogP contribution in [0.4, 0.5) is 0 Å². The van der Waals surface area contributed by atoms with Gasteiger partial charge in [-0.25, -0.2) is 4.79 Å². The molecule has 2 aromatic rings. The third-order valence-corrected chi connectivity index (χ3v) is 3.63. The third kappa shape index (κ3) is 3.01. The molecule has 3 nitrogen and oxygen atoms in total. The molecule has 19 heavy (non-hydrogen) atoms. The number of esters is 1. The molecular formula is C15H17NO2S. The molecule has 0 bridgehead atoms. The fourth-order valence-corrected chi connectivity index (χ4v) is 2.55. The number of rotatable bonds is 4. The van der Waals surface area contributed by atoms with Crippen molar-refractivity contribution in [1.29, 1.82) is 0 Å². The van der Waals surface area contributed by atoms with Crippen molar-refractivity contribution in [1.82, 2.24) is 4.98 Å². The third-order valence-electron chi connectivity index (χ3n) is 2.74. The molecule has 2 heterocycles. The van der Waals surface area contributed by atoms with E-state index in [0.29, 0.717) is 12.2 Å². The highest BCUT2D eigenvalue weighted by atomic mass is 32.1. The molecule has 4 heteroatoms. The van der Waals surface area contributed by atoms with Gasteiger partial charge in [-0.2, -0.15) is 0 Å². The molecule has 0 radical (unpaired) electrons. The lowest BCUT2D eigenvalue weighted by molar-refractivity contribution is 0.0524. The molecule has 0 N–H and O–H groups in total. The Bertz CT molecular complexity index is 562. The zero-order valence-corrected chi connectivity index (χ0v) is 12.2. The molecule has 0 aromatic carbocycles. The van der Waals surface area contributed by atoms with Gasteiger partial charge in [0, 0.05) is 0 Å². The van der Waals surface area contributed by atoms with Crippen LogP contribution in [0.3, 0.4) is 0 Å². The van der Waals surface area contributed by atoms with Crippen molar-refractivity contribution < 1.29 is 9.53 Å². The summed E-state index contributed by atoms with van der Waals surface area (Å²) in [6.45, 7) is 6.25. The Hall–Kier alpha value is -1.68. The number of nitrogens with zero attached hydrogens (tertiary/aromatic N) is 1. The maximum atomic E-state index is 11.9. The Morgan fingerprint density at radius 2 is 2.16 bits per heavy atom. The van der Waals surface area contributed by atoms with Gasteiger partial charge in [0.1, 0.15) is 0 Å². The van der Waals surface area contributed by atoms with Gasteiger partial charge in [-0.1, -0.05) is 19.9 Å². The summed E-state index contributed by atoms with van der Waals surface area (Å²) >= 11 is 1.64. The summed E-state index contributed by atoms with van der Waals surface area (Å²) < 4.78 is 5.07. The molecule has 2 aromatic heterocycles. The predicted molar refractivity (Wildman–Crippen MR) is 77.6 cm³/mol. The summed E-state index contributed by atoms with van der Waals surface area (Å²) in [5.41, 5.74) is 2.27. The summed E-state index contributed by atoms with van der Waals surface area (Å²) in [7, 11) is 0. The van der Waals surface area contributed by atoms with E-state index in [4.69, 9.17) is 4.74 Å². The average molecular weight is 275 g/mol. The molecule has 100 valence electrons.